The van der Waals surface area contributed by atoms with Crippen molar-refractivity contribution in [2.24, 2.45) is 23.7 Å². The highest BCUT2D eigenvalue weighted by Gasteiger charge is 2.46. The first-order chi connectivity index (χ1) is 10.5. The second kappa shape index (κ2) is 6.35. The van der Waals surface area contributed by atoms with Crippen molar-refractivity contribution in [1.82, 2.24) is 5.32 Å². The summed E-state index contributed by atoms with van der Waals surface area (Å²) in [5.41, 5.74) is 1.83. The van der Waals surface area contributed by atoms with Gasteiger partial charge in [-0.1, -0.05) is 43.7 Å². The van der Waals surface area contributed by atoms with Crippen molar-refractivity contribution in [3.63, 3.8) is 0 Å². The first kappa shape index (κ1) is 16.1. The smallest absolute Gasteiger partial charge is 0.00966 e. The van der Waals surface area contributed by atoms with Crippen molar-refractivity contribution in [3.8, 4) is 0 Å². The van der Waals surface area contributed by atoms with E-state index in [1.54, 1.807) is 5.56 Å². The summed E-state index contributed by atoms with van der Waals surface area (Å²) in [4.78, 5) is 0. The Morgan fingerprint density at radius 1 is 1.05 bits per heavy atom. The normalized spacial score (nSPS) is 35.4. The minimum atomic E-state index is 0.241. The van der Waals surface area contributed by atoms with Crippen LogP contribution in [0.5, 0.6) is 0 Å². The minimum Gasteiger partial charge on any atom is -0.312 e. The highest BCUT2D eigenvalue weighted by Crippen LogP contribution is 2.54. The lowest BCUT2D eigenvalue weighted by molar-refractivity contribution is 0.184. The zero-order chi connectivity index (χ0) is 15.7. The molecule has 0 saturated heterocycles. The average molecular weight is 300 g/mol. The van der Waals surface area contributed by atoms with Crippen LogP contribution in [0, 0.1) is 23.7 Å². The van der Waals surface area contributed by atoms with Crippen molar-refractivity contribution < 1.29 is 0 Å². The molecule has 0 heterocycles. The number of rotatable bonds is 3. The summed E-state index contributed by atoms with van der Waals surface area (Å²) < 4.78 is 0. The lowest BCUT2D eigenvalue weighted by Gasteiger charge is -2.37. The molecule has 1 N–H and O–H groups in total. The Kier molecular flexibility index (Phi) is 4.64. The summed E-state index contributed by atoms with van der Waals surface area (Å²) in [6, 6.07) is 11.3. The van der Waals surface area contributed by atoms with Gasteiger partial charge in [0, 0.05) is 5.54 Å². The number of hydrogen-bond donors (Lipinski definition) is 1. The molecule has 1 heteroatoms. The summed E-state index contributed by atoms with van der Waals surface area (Å²) in [6.45, 7) is 10.6. The van der Waals surface area contributed by atoms with E-state index in [-0.39, 0.29) is 5.54 Å². The fraction of sp³-hybridized carbons (Fsp3) is 0.714. The number of nitrogens with one attached hydrogen (secondary N) is 1. The molecule has 0 amide bonds. The van der Waals surface area contributed by atoms with Gasteiger partial charge in [0.2, 0.25) is 0 Å². The predicted molar refractivity (Wildman–Crippen MR) is 95.0 cm³/mol. The van der Waals surface area contributed by atoms with Crippen LogP contribution in [0.25, 0.3) is 0 Å². The Labute approximate surface area is 136 Å². The van der Waals surface area contributed by atoms with Crippen LogP contribution in [0.3, 0.4) is 0 Å². The zero-order valence-corrected chi connectivity index (χ0v) is 14.8. The van der Waals surface area contributed by atoms with Gasteiger partial charge < -0.3 is 5.32 Å². The topological polar surface area (TPSA) is 12.0 Å². The summed E-state index contributed by atoms with van der Waals surface area (Å²) in [6.07, 6.45) is 5.70. The summed E-state index contributed by atoms with van der Waals surface area (Å²) >= 11 is 0. The van der Waals surface area contributed by atoms with Crippen LogP contribution < -0.4 is 5.32 Å². The second-order valence-electron chi connectivity index (χ2n) is 8.78. The first-order valence-corrected chi connectivity index (χ1v) is 9.25. The maximum atomic E-state index is 3.78. The molecule has 2 aliphatic rings. The quantitative estimate of drug-likeness (QED) is 0.805. The highest BCUT2D eigenvalue weighted by molar-refractivity contribution is 5.22. The van der Waals surface area contributed by atoms with Crippen molar-refractivity contribution in [3.05, 3.63) is 35.9 Å². The van der Waals surface area contributed by atoms with Crippen LogP contribution in [-0.2, 0) is 0 Å². The molecule has 5 atom stereocenters. The van der Waals surface area contributed by atoms with E-state index in [0.29, 0.717) is 0 Å². The third kappa shape index (κ3) is 3.40. The molecule has 2 aliphatic carbocycles. The Hall–Kier alpha value is -0.820. The minimum absolute atomic E-state index is 0.241. The molecule has 1 nitrogen and oxygen atoms in total. The summed E-state index contributed by atoms with van der Waals surface area (Å²) in [5, 5.41) is 3.78. The van der Waals surface area contributed by atoms with E-state index in [0.717, 1.165) is 29.6 Å². The average Bonchev–Trinajstić information content (AvgIpc) is 2.80. The van der Waals surface area contributed by atoms with Gasteiger partial charge in [0.15, 0.2) is 0 Å². The molecule has 5 unspecified atom stereocenters. The van der Waals surface area contributed by atoms with E-state index >= 15 is 0 Å². The molecule has 1 aromatic carbocycles. The fourth-order valence-corrected chi connectivity index (χ4v) is 5.09. The van der Waals surface area contributed by atoms with E-state index in [1.807, 2.05) is 0 Å². The molecule has 0 aromatic heterocycles. The van der Waals surface area contributed by atoms with Gasteiger partial charge in [0.1, 0.15) is 0 Å². The van der Waals surface area contributed by atoms with Crippen LogP contribution in [0.1, 0.15) is 64.9 Å². The highest BCUT2D eigenvalue weighted by atomic mass is 14.9. The van der Waals surface area contributed by atoms with E-state index in [9.17, 15) is 0 Å². The molecular formula is C21H33N. The third-order valence-corrected chi connectivity index (χ3v) is 6.14. The Balaban J connectivity index is 1.74. The molecule has 2 saturated carbocycles. The summed E-state index contributed by atoms with van der Waals surface area (Å²) in [7, 11) is 0. The first-order valence-electron chi connectivity index (χ1n) is 9.25. The van der Waals surface area contributed by atoms with Crippen LogP contribution >= 0.6 is 0 Å². The van der Waals surface area contributed by atoms with Gasteiger partial charge in [0.25, 0.3) is 0 Å². The van der Waals surface area contributed by atoms with E-state index in [1.165, 1.54) is 32.2 Å². The number of benzene rings is 1. The van der Waals surface area contributed by atoms with Crippen LogP contribution in [0.2, 0.25) is 0 Å². The molecule has 0 aliphatic heterocycles. The van der Waals surface area contributed by atoms with Gasteiger partial charge in [-0.3, -0.25) is 0 Å². The van der Waals surface area contributed by atoms with Crippen molar-refractivity contribution in [2.75, 3.05) is 6.54 Å². The molecule has 2 fully saturated rings. The maximum absolute atomic E-state index is 3.78. The van der Waals surface area contributed by atoms with Gasteiger partial charge in [-0.05, 0) is 81.7 Å². The number of fused-ring (bicyclic) bond motifs is 1. The fourth-order valence-electron chi connectivity index (χ4n) is 5.09. The molecule has 0 radical (unpaired) electrons. The standard InChI is InChI=1S/C21H33N/c1-15-13-19-17(16-9-6-5-7-10-16)11-8-12-18(19)20(15)14-22-21(2,3)4/h5-7,9-10,15,17-20,22H,8,11-14H2,1-4H3. The molecule has 0 spiro atoms. The Morgan fingerprint density at radius 3 is 2.45 bits per heavy atom. The summed E-state index contributed by atoms with van der Waals surface area (Å²) in [5.74, 6) is 4.40. The zero-order valence-electron chi connectivity index (χ0n) is 14.8. The van der Waals surface area contributed by atoms with Gasteiger partial charge >= 0.3 is 0 Å². The molecule has 3 rings (SSSR count). The van der Waals surface area contributed by atoms with Crippen LogP contribution in [0.15, 0.2) is 30.3 Å². The SMILES string of the molecule is CC1CC2C(c3ccccc3)CCCC2C1CNC(C)(C)C. The Bertz CT molecular complexity index is 472. The van der Waals surface area contributed by atoms with Crippen molar-refractivity contribution >= 4 is 0 Å². The van der Waals surface area contributed by atoms with Gasteiger partial charge in [-0.15, -0.1) is 0 Å². The third-order valence-electron chi connectivity index (χ3n) is 6.14. The van der Waals surface area contributed by atoms with Gasteiger partial charge in [0.05, 0.1) is 0 Å². The molecule has 122 valence electrons. The van der Waals surface area contributed by atoms with E-state index in [4.69, 9.17) is 0 Å². The van der Waals surface area contributed by atoms with E-state index in [2.05, 4.69) is 63.3 Å². The molecular weight excluding hydrogens is 266 g/mol. The molecule has 22 heavy (non-hydrogen) atoms. The lowest BCUT2D eigenvalue weighted by atomic mass is 9.69. The van der Waals surface area contributed by atoms with Crippen molar-refractivity contribution in [1.29, 1.82) is 0 Å². The molecule has 0 bridgehead atoms. The maximum Gasteiger partial charge on any atom is 0.00966 e. The van der Waals surface area contributed by atoms with Crippen molar-refractivity contribution in [2.45, 2.75) is 64.8 Å². The monoisotopic (exact) mass is 299 g/mol. The lowest BCUT2D eigenvalue weighted by Crippen LogP contribution is -2.41. The molecule has 1 aromatic rings. The second-order valence-corrected chi connectivity index (χ2v) is 8.78. The number of hydrogen-bond acceptors (Lipinski definition) is 1. The van der Waals surface area contributed by atoms with E-state index < -0.39 is 0 Å². The van der Waals surface area contributed by atoms with Gasteiger partial charge in [-0.25, -0.2) is 0 Å². The Morgan fingerprint density at radius 2 is 1.77 bits per heavy atom. The van der Waals surface area contributed by atoms with Crippen LogP contribution in [0.4, 0.5) is 0 Å². The largest absolute Gasteiger partial charge is 0.312 e. The van der Waals surface area contributed by atoms with Crippen LogP contribution in [-0.4, -0.2) is 12.1 Å². The predicted octanol–water partition coefficient (Wildman–Crippen LogP) is 5.23. The van der Waals surface area contributed by atoms with Gasteiger partial charge in [-0.2, -0.15) is 0 Å².